The Kier molecular flexibility index (Phi) is 5.69. The highest BCUT2D eigenvalue weighted by molar-refractivity contribution is 5.76. The number of nitrogen functional groups attached to an aromatic ring is 1. The van der Waals surface area contributed by atoms with Gasteiger partial charge in [0.2, 0.25) is 5.91 Å². The summed E-state index contributed by atoms with van der Waals surface area (Å²) in [7, 11) is 0. The molecule has 18 heavy (non-hydrogen) atoms. The van der Waals surface area contributed by atoms with Crippen molar-refractivity contribution in [2.75, 3.05) is 12.3 Å². The predicted molar refractivity (Wildman–Crippen MR) is 76.3 cm³/mol. The first-order chi connectivity index (χ1) is 8.54. The Bertz CT molecular complexity index is 388. The Morgan fingerprint density at radius 1 is 1.39 bits per heavy atom. The molecule has 0 aliphatic heterocycles. The molecule has 0 atom stereocenters. The largest absolute Gasteiger partial charge is 0.399 e. The summed E-state index contributed by atoms with van der Waals surface area (Å²) >= 11 is 0. The van der Waals surface area contributed by atoms with Gasteiger partial charge in [0, 0.05) is 24.7 Å². The van der Waals surface area contributed by atoms with Gasteiger partial charge in [0.05, 0.1) is 0 Å². The average Bonchev–Trinajstić information content (AvgIpc) is 2.32. The first-order valence-corrected chi connectivity index (χ1v) is 6.68. The zero-order chi connectivity index (χ0) is 13.5. The summed E-state index contributed by atoms with van der Waals surface area (Å²) in [6.45, 7) is 7.07. The van der Waals surface area contributed by atoms with E-state index in [1.807, 2.05) is 29.2 Å². The van der Waals surface area contributed by atoms with Crippen molar-refractivity contribution in [2.45, 2.75) is 46.1 Å². The highest BCUT2D eigenvalue weighted by atomic mass is 16.2. The van der Waals surface area contributed by atoms with Crippen LogP contribution in [-0.2, 0) is 11.2 Å². The summed E-state index contributed by atoms with van der Waals surface area (Å²) in [4.78, 5) is 14.1. The van der Waals surface area contributed by atoms with Crippen LogP contribution in [0.3, 0.4) is 0 Å². The summed E-state index contributed by atoms with van der Waals surface area (Å²) in [6.07, 6.45) is 2.32. The van der Waals surface area contributed by atoms with Gasteiger partial charge in [0.15, 0.2) is 0 Å². The Morgan fingerprint density at radius 2 is 2.11 bits per heavy atom. The first-order valence-electron chi connectivity index (χ1n) is 6.68. The van der Waals surface area contributed by atoms with Crippen molar-refractivity contribution in [2.24, 2.45) is 0 Å². The third-order valence-corrected chi connectivity index (χ3v) is 2.99. The highest BCUT2D eigenvalue weighted by Gasteiger charge is 2.15. The lowest BCUT2D eigenvalue weighted by Gasteiger charge is -2.26. The van der Waals surface area contributed by atoms with Gasteiger partial charge in [0.1, 0.15) is 0 Å². The molecule has 1 amide bonds. The molecule has 1 aromatic rings. The fraction of sp³-hybridized carbons (Fsp3) is 0.533. The minimum absolute atomic E-state index is 0.231. The summed E-state index contributed by atoms with van der Waals surface area (Å²) in [6, 6.07) is 8.03. The van der Waals surface area contributed by atoms with E-state index < -0.39 is 0 Å². The fourth-order valence-corrected chi connectivity index (χ4v) is 2.06. The van der Waals surface area contributed by atoms with Crippen LogP contribution in [0.4, 0.5) is 5.69 Å². The fourth-order valence-electron chi connectivity index (χ4n) is 2.06. The number of amides is 1. The number of anilines is 1. The van der Waals surface area contributed by atoms with E-state index in [-0.39, 0.29) is 11.9 Å². The van der Waals surface area contributed by atoms with Gasteiger partial charge in [-0.1, -0.05) is 19.1 Å². The summed E-state index contributed by atoms with van der Waals surface area (Å²) in [5, 5.41) is 0. The number of nitrogens with zero attached hydrogens (tertiary/aromatic N) is 1. The monoisotopic (exact) mass is 248 g/mol. The number of carbonyl (C=O) groups excluding carboxylic acids is 1. The van der Waals surface area contributed by atoms with Gasteiger partial charge >= 0.3 is 0 Å². The van der Waals surface area contributed by atoms with Crippen molar-refractivity contribution in [3.05, 3.63) is 29.8 Å². The van der Waals surface area contributed by atoms with Crippen LogP contribution in [0.1, 0.15) is 39.2 Å². The summed E-state index contributed by atoms with van der Waals surface area (Å²) in [5.74, 6) is 0.231. The molecule has 0 bridgehead atoms. The molecule has 1 rings (SSSR count). The molecule has 0 aliphatic rings. The molecule has 1 aromatic carbocycles. The molecule has 0 radical (unpaired) electrons. The third-order valence-electron chi connectivity index (χ3n) is 2.99. The number of hydrogen-bond donors (Lipinski definition) is 1. The molecule has 3 nitrogen and oxygen atoms in total. The van der Waals surface area contributed by atoms with Gasteiger partial charge in [-0.25, -0.2) is 0 Å². The van der Waals surface area contributed by atoms with Crippen LogP contribution in [-0.4, -0.2) is 23.4 Å². The van der Waals surface area contributed by atoms with Crippen molar-refractivity contribution >= 4 is 11.6 Å². The molecule has 0 aromatic heterocycles. The van der Waals surface area contributed by atoms with Crippen LogP contribution in [0.25, 0.3) is 0 Å². The van der Waals surface area contributed by atoms with Gasteiger partial charge in [-0.2, -0.15) is 0 Å². The topological polar surface area (TPSA) is 46.3 Å². The van der Waals surface area contributed by atoms with Crippen LogP contribution in [0.2, 0.25) is 0 Å². The lowest BCUT2D eigenvalue weighted by atomic mass is 10.1. The van der Waals surface area contributed by atoms with Crippen LogP contribution < -0.4 is 5.73 Å². The molecule has 0 saturated carbocycles. The molecular formula is C15H24N2O. The van der Waals surface area contributed by atoms with Crippen molar-refractivity contribution in [1.29, 1.82) is 0 Å². The van der Waals surface area contributed by atoms with Gasteiger partial charge in [-0.05, 0) is 44.4 Å². The summed E-state index contributed by atoms with van der Waals surface area (Å²) < 4.78 is 0. The molecular weight excluding hydrogens is 224 g/mol. The maximum Gasteiger partial charge on any atom is 0.223 e. The average molecular weight is 248 g/mol. The Morgan fingerprint density at radius 3 is 2.67 bits per heavy atom. The van der Waals surface area contributed by atoms with Gasteiger partial charge in [0.25, 0.3) is 0 Å². The van der Waals surface area contributed by atoms with Crippen LogP contribution >= 0.6 is 0 Å². The molecule has 0 unspecified atom stereocenters. The Balaban J connectivity index is 2.54. The molecule has 0 fully saturated rings. The second-order valence-corrected chi connectivity index (χ2v) is 4.93. The molecule has 2 N–H and O–H groups in total. The van der Waals surface area contributed by atoms with E-state index in [2.05, 4.69) is 20.8 Å². The summed E-state index contributed by atoms with van der Waals surface area (Å²) in [5.41, 5.74) is 7.61. The van der Waals surface area contributed by atoms with Gasteiger partial charge in [-0.15, -0.1) is 0 Å². The SMILES string of the molecule is CCCN(C(=O)CCc1cccc(N)c1)C(C)C. The molecule has 100 valence electrons. The minimum Gasteiger partial charge on any atom is -0.399 e. The van der Waals surface area contributed by atoms with E-state index in [9.17, 15) is 4.79 Å². The number of carbonyl (C=O) groups is 1. The maximum atomic E-state index is 12.1. The van der Waals surface area contributed by atoms with E-state index in [0.29, 0.717) is 6.42 Å². The van der Waals surface area contributed by atoms with Crippen molar-refractivity contribution in [3.63, 3.8) is 0 Å². The van der Waals surface area contributed by atoms with E-state index in [1.165, 1.54) is 0 Å². The number of benzene rings is 1. The number of aryl methyl sites for hydroxylation is 1. The number of rotatable bonds is 6. The van der Waals surface area contributed by atoms with Crippen molar-refractivity contribution < 1.29 is 4.79 Å². The van der Waals surface area contributed by atoms with Crippen LogP contribution in [0.15, 0.2) is 24.3 Å². The molecule has 0 spiro atoms. The standard InChI is InChI=1S/C15H24N2O/c1-4-10-17(12(2)3)15(18)9-8-13-6-5-7-14(16)11-13/h5-7,11-12H,4,8-10,16H2,1-3H3. The normalized spacial score (nSPS) is 10.7. The lowest BCUT2D eigenvalue weighted by Crippen LogP contribution is -2.37. The van der Waals surface area contributed by atoms with Gasteiger partial charge in [-0.3, -0.25) is 4.79 Å². The Labute approximate surface area is 110 Å². The lowest BCUT2D eigenvalue weighted by molar-refractivity contribution is -0.132. The third kappa shape index (κ3) is 4.40. The molecule has 3 heteroatoms. The van der Waals surface area contributed by atoms with Crippen LogP contribution in [0, 0.1) is 0 Å². The van der Waals surface area contributed by atoms with Gasteiger partial charge < -0.3 is 10.6 Å². The zero-order valence-electron chi connectivity index (χ0n) is 11.6. The predicted octanol–water partition coefficient (Wildman–Crippen LogP) is 2.85. The van der Waals surface area contributed by atoms with E-state index >= 15 is 0 Å². The first kappa shape index (κ1) is 14.6. The van der Waals surface area contributed by atoms with Crippen molar-refractivity contribution in [1.82, 2.24) is 4.90 Å². The second kappa shape index (κ2) is 7.04. The molecule has 0 saturated heterocycles. The zero-order valence-corrected chi connectivity index (χ0v) is 11.6. The Hall–Kier alpha value is -1.51. The molecule has 0 aliphatic carbocycles. The van der Waals surface area contributed by atoms with E-state index in [1.54, 1.807) is 0 Å². The highest BCUT2D eigenvalue weighted by Crippen LogP contribution is 2.11. The second-order valence-electron chi connectivity index (χ2n) is 4.93. The van der Waals surface area contributed by atoms with E-state index in [0.717, 1.165) is 30.6 Å². The molecule has 0 heterocycles. The smallest absolute Gasteiger partial charge is 0.223 e. The van der Waals surface area contributed by atoms with E-state index in [4.69, 9.17) is 5.73 Å². The minimum atomic E-state index is 0.231. The van der Waals surface area contributed by atoms with Crippen LogP contribution in [0.5, 0.6) is 0 Å². The van der Waals surface area contributed by atoms with Crippen molar-refractivity contribution in [3.8, 4) is 0 Å². The number of nitrogens with two attached hydrogens (primary N) is 1. The number of hydrogen-bond acceptors (Lipinski definition) is 2. The maximum absolute atomic E-state index is 12.1. The quantitative estimate of drug-likeness (QED) is 0.787.